The molecule has 0 radical (unpaired) electrons. The molecule has 1 aromatic rings. The van der Waals surface area contributed by atoms with E-state index < -0.39 is 17.9 Å². The Kier molecular flexibility index (Phi) is 2.64. The predicted molar refractivity (Wildman–Crippen MR) is 57.6 cm³/mol. The number of hydrogen-bond donors (Lipinski definition) is 1. The van der Waals surface area contributed by atoms with Crippen LogP contribution in [0.4, 0.5) is 0 Å². The number of likely N-dealkylation sites (tertiary alicyclic amines) is 1. The average molecular weight is 219 g/mol. The van der Waals surface area contributed by atoms with Crippen LogP contribution < -0.4 is 0 Å². The number of carbonyl (C=O) groups excluding carboxylic acids is 1. The fraction of sp³-hybridized carbons (Fsp3) is 0.333. The average Bonchev–Trinajstić information content (AvgIpc) is 2.28. The van der Waals surface area contributed by atoms with Gasteiger partial charge in [0.1, 0.15) is 6.04 Å². The first-order valence-corrected chi connectivity index (χ1v) is 5.18. The van der Waals surface area contributed by atoms with E-state index in [-0.39, 0.29) is 5.91 Å². The lowest BCUT2D eigenvalue weighted by molar-refractivity contribution is -0.170. The van der Waals surface area contributed by atoms with Gasteiger partial charge in [-0.2, -0.15) is 0 Å². The van der Waals surface area contributed by atoms with Crippen molar-refractivity contribution in [2.24, 2.45) is 5.92 Å². The summed E-state index contributed by atoms with van der Waals surface area (Å²) in [5.41, 5.74) is 0.953. The summed E-state index contributed by atoms with van der Waals surface area (Å²) < 4.78 is 0. The molecule has 1 saturated heterocycles. The van der Waals surface area contributed by atoms with Gasteiger partial charge in [-0.15, -0.1) is 0 Å². The number of benzene rings is 1. The van der Waals surface area contributed by atoms with Gasteiger partial charge in [-0.05, 0) is 5.56 Å². The Morgan fingerprint density at radius 2 is 2.00 bits per heavy atom. The molecule has 1 N–H and O–H groups in total. The Morgan fingerprint density at radius 3 is 2.56 bits per heavy atom. The summed E-state index contributed by atoms with van der Waals surface area (Å²) in [6, 6.07) is 8.73. The fourth-order valence-corrected chi connectivity index (χ4v) is 2.03. The summed E-state index contributed by atoms with van der Waals surface area (Å²) in [5, 5.41) is 8.98. The van der Waals surface area contributed by atoms with Crippen LogP contribution in [0.1, 0.15) is 12.5 Å². The number of carboxylic acid groups (broad SMARTS) is 1. The molecule has 4 nitrogen and oxygen atoms in total. The quantitative estimate of drug-likeness (QED) is 0.775. The Morgan fingerprint density at radius 1 is 1.38 bits per heavy atom. The number of carbonyl (C=O) groups is 2. The van der Waals surface area contributed by atoms with Crippen molar-refractivity contribution in [3.63, 3.8) is 0 Å². The van der Waals surface area contributed by atoms with Gasteiger partial charge in [0.2, 0.25) is 5.91 Å². The van der Waals surface area contributed by atoms with Crippen LogP contribution in [-0.2, 0) is 16.1 Å². The lowest BCUT2D eigenvalue weighted by atomic mass is 9.88. The summed E-state index contributed by atoms with van der Waals surface area (Å²) >= 11 is 0. The summed E-state index contributed by atoms with van der Waals surface area (Å²) in [4.78, 5) is 23.9. The summed E-state index contributed by atoms with van der Waals surface area (Å²) in [6.07, 6.45) is 0. The highest BCUT2D eigenvalue weighted by atomic mass is 16.4. The molecule has 1 aromatic carbocycles. The van der Waals surface area contributed by atoms with Crippen LogP contribution in [0, 0.1) is 5.92 Å². The molecule has 0 bridgehead atoms. The molecular weight excluding hydrogens is 206 g/mol. The van der Waals surface area contributed by atoms with Crippen molar-refractivity contribution in [2.45, 2.75) is 19.5 Å². The third-order valence-electron chi connectivity index (χ3n) is 2.93. The van der Waals surface area contributed by atoms with E-state index in [1.165, 1.54) is 4.90 Å². The number of nitrogens with zero attached hydrogens (tertiary/aromatic N) is 1. The van der Waals surface area contributed by atoms with Crippen LogP contribution in [0.2, 0.25) is 0 Å². The molecule has 0 spiro atoms. The standard InChI is InChI=1S/C12H13NO3/c1-8-10(12(15)16)13(11(8)14)7-9-5-3-2-4-6-9/h2-6,8,10H,7H2,1H3,(H,15,16). The van der Waals surface area contributed by atoms with E-state index in [0.29, 0.717) is 6.54 Å². The zero-order valence-electron chi connectivity index (χ0n) is 8.96. The highest BCUT2D eigenvalue weighted by Crippen LogP contribution is 2.28. The zero-order valence-corrected chi connectivity index (χ0v) is 8.96. The molecule has 0 saturated carbocycles. The second-order valence-electron chi connectivity index (χ2n) is 4.02. The number of rotatable bonds is 3. The van der Waals surface area contributed by atoms with E-state index in [2.05, 4.69) is 0 Å². The molecule has 1 aliphatic rings. The second-order valence-corrected chi connectivity index (χ2v) is 4.02. The summed E-state index contributed by atoms with van der Waals surface area (Å²) in [6.45, 7) is 2.03. The van der Waals surface area contributed by atoms with Gasteiger partial charge in [0.25, 0.3) is 0 Å². The monoisotopic (exact) mass is 219 g/mol. The third kappa shape index (κ3) is 1.66. The molecule has 2 atom stereocenters. The molecule has 2 unspecified atom stereocenters. The largest absolute Gasteiger partial charge is 0.480 e. The van der Waals surface area contributed by atoms with Crippen molar-refractivity contribution in [2.75, 3.05) is 0 Å². The zero-order chi connectivity index (χ0) is 11.7. The minimum absolute atomic E-state index is 0.0868. The van der Waals surface area contributed by atoms with Crippen LogP contribution >= 0.6 is 0 Å². The van der Waals surface area contributed by atoms with E-state index in [9.17, 15) is 9.59 Å². The van der Waals surface area contributed by atoms with Gasteiger partial charge in [-0.1, -0.05) is 37.3 Å². The molecule has 16 heavy (non-hydrogen) atoms. The van der Waals surface area contributed by atoms with Crippen LogP contribution in [-0.4, -0.2) is 27.9 Å². The van der Waals surface area contributed by atoms with E-state index >= 15 is 0 Å². The first kappa shape index (κ1) is 10.7. The maximum atomic E-state index is 11.5. The number of hydrogen-bond acceptors (Lipinski definition) is 2. The van der Waals surface area contributed by atoms with Crippen LogP contribution in [0.15, 0.2) is 30.3 Å². The Hall–Kier alpha value is -1.84. The van der Waals surface area contributed by atoms with Crippen molar-refractivity contribution >= 4 is 11.9 Å². The van der Waals surface area contributed by atoms with Crippen LogP contribution in [0.25, 0.3) is 0 Å². The molecule has 4 heteroatoms. The van der Waals surface area contributed by atoms with Crippen molar-refractivity contribution < 1.29 is 14.7 Å². The van der Waals surface area contributed by atoms with E-state index in [0.717, 1.165) is 5.56 Å². The second kappa shape index (κ2) is 3.96. The van der Waals surface area contributed by atoms with Gasteiger partial charge in [-0.3, -0.25) is 4.79 Å². The number of carboxylic acids is 1. The maximum Gasteiger partial charge on any atom is 0.327 e. The topological polar surface area (TPSA) is 57.6 Å². The van der Waals surface area contributed by atoms with Crippen LogP contribution in [0.3, 0.4) is 0 Å². The molecular formula is C12H13NO3. The molecule has 84 valence electrons. The Balaban J connectivity index is 2.10. The summed E-state index contributed by atoms with van der Waals surface area (Å²) in [7, 11) is 0. The number of β-lactam (4-membered cyclic amide) rings is 1. The molecule has 0 aromatic heterocycles. The van der Waals surface area contributed by atoms with Crippen molar-refractivity contribution in [3.8, 4) is 0 Å². The third-order valence-corrected chi connectivity index (χ3v) is 2.93. The normalized spacial score (nSPS) is 24.1. The van der Waals surface area contributed by atoms with Gasteiger partial charge >= 0.3 is 5.97 Å². The van der Waals surface area contributed by atoms with Crippen molar-refractivity contribution in [1.29, 1.82) is 0 Å². The first-order valence-electron chi connectivity index (χ1n) is 5.18. The van der Waals surface area contributed by atoms with Crippen LogP contribution in [0.5, 0.6) is 0 Å². The number of aliphatic carboxylic acids is 1. The van der Waals surface area contributed by atoms with Crippen molar-refractivity contribution in [1.82, 2.24) is 4.90 Å². The summed E-state index contributed by atoms with van der Waals surface area (Å²) in [5.74, 6) is -1.42. The van der Waals surface area contributed by atoms with Gasteiger partial charge in [-0.25, -0.2) is 4.79 Å². The van der Waals surface area contributed by atoms with E-state index in [4.69, 9.17) is 5.11 Å². The SMILES string of the molecule is CC1C(=O)N(Cc2ccccc2)C1C(=O)O. The molecule has 0 aliphatic carbocycles. The molecule has 1 heterocycles. The highest BCUT2D eigenvalue weighted by Gasteiger charge is 2.48. The molecule has 2 rings (SSSR count). The van der Waals surface area contributed by atoms with Gasteiger partial charge in [0.15, 0.2) is 0 Å². The van der Waals surface area contributed by atoms with Gasteiger partial charge in [0.05, 0.1) is 5.92 Å². The molecule has 1 fully saturated rings. The lowest BCUT2D eigenvalue weighted by Crippen LogP contribution is -2.62. The lowest BCUT2D eigenvalue weighted by Gasteiger charge is -2.43. The van der Waals surface area contributed by atoms with E-state index in [1.54, 1.807) is 6.92 Å². The minimum Gasteiger partial charge on any atom is -0.480 e. The first-order chi connectivity index (χ1) is 7.61. The highest BCUT2D eigenvalue weighted by molar-refractivity contribution is 5.96. The Labute approximate surface area is 93.5 Å². The van der Waals surface area contributed by atoms with Gasteiger partial charge in [0, 0.05) is 6.54 Å². The van der Waals surface area contributed by atoms with E-state index in [1.807, 2.05) is 30.3 Å². The maximum absolute atomic E-state index is 11.5. The number of amides is 1. The smallest absolute Gasteiger partial charge is 0.327 e. The molecule has 1 amide bonds. The predicted octanol–water partition coefficient (Wildman–Crippen LogP) is 1.12. The Bertz CT molecular complexity index is 416. The fourth-order valence-electron chi connectivity index (χ4n) is 2.03. The van der Waals surface area contributed by atoms with Crippen molar-refractivity contribution in [3.05, 3.63) is 35.9 Å². The van der Waals surface area contributed by atoms with Gasteiger partial charge < -0.3 is 10.0 Å². The molecule has 1 aliphatic heterocycles. The minimum atomic E-state index is -0.928.